The van der Waals surface area contributed by atoms with Gasteiger partial charge in [0.05, 0.1) is 10.6 Å². The molecule has 0 spiro atoms. The minimum Gasteiger partial charge on any atom is -0.437 e. The Bertz CT molecular complexity index is 938. The van der Waals surface area contributed by atoms with Gasteiger partial charge in [0.15, 0.2) is 5.82 Å². The van der Waals surface area contributed by atoms with Crippen molar-refractivity contribution in [1.29, 1.82) is 0 Å². The Labute approximate surface area is 160 Å². The molecule has 2 N–H and O–H groups in total. The Balaban J connectivity index is 1.67. The summed E-state index contributed by atoms with van der Waals surface area (Å²) in [6.45, 7) is 0. The molecule has 1 aliphatic carbocycles. The molecule has 0 amide bonds. The standard InChI is InChI=1S/C18H16Cl2N4O2/c19-11-5-6-14(13(20)10-11)25-15-12(4-3-9-22-15)16-23-17(24-26-16)18(21)7-1-2-8-18/h3-6,9-10H,1-2,7-8,21H2. The Morgan fingerprint density at radius 3 is 2.73 bits per heavy atom. The zero-order chi connectivity index (χ0) is 18.1. The minimum absolute atomic E-state index is 0.310. The smallest absolute Gasteiger partial charge is 0.263 e. The van der Waals surface area contributed by atoms with Crippen LogP contribution in [0.15, 0.2) is 41.1 Å². The van der Waals surface area contributed by atoms with E-state index < -0.39 is 5.54 Å². The summed E-state index contributed by atoms with van der Waals surface area (Å²) >= 11 is 12.1. The summed E-state index contributed by atoms with van der Waals surface area (Å²) in [5.41, 5.74) is 6.45. The van der Waals surface area contributed by atoms with Crippen LogP contribution in [0.3, 0.4) is 0 Å². The van der Waals surface area contributed by atoms with Crippen molar-refractivity contribution < 1.29 is 9.26 Å². The van der Waals surface area contributed by atoms with Gasteiger partial charge in [0.1, 0.15) is 11.3 Å². The van der Waals surface area contributed by atoms with Crippen LogP contribution in [0.5, 0.6) is 11.6 Å². The number of nitrogens with two attached hydrogens (primary N) is 1. The maximum absolute atomic E-state index is 6.41. The third kappa shape index (κ3) is 3.28. The molecule has 4 rings (SSSR count). The average molecular weight is 391 g/mol. The van der Waals surface area contributed by atoms with Gasteiger partial charge in [0.25, 0.3) is 5.89 Å². The van der Waals surface area contributed by atoms with E-state index in [1.807, 2.05) is 0 Å². The van der Waals surface area contributed by atoms with Crippen molar-refractivity contribution in [2.45, 2.75) is 31.2 Å². The van der Waals surface area contributed by atoms with Gasteiger partial charge in [-0.25, -0.2) is 4.98 Å². The SMILES string of the molecule is NC1(c2noc(-c3cccnc3Oc3ccc(Cl)cc3Cl)n2)CCCC1. The van der Waals surface area contributed by atoms with E-state index in [-0.39, 0.29) is 0 Å². The Morgan fingerprint density at radius 1 is 1.15 bits per heavy atom. The van der Waals surface area contributed by atoms with E-state index in [4.69, 9.17) is 38.2 Å². The molecule has 1 aromatic carbocycles. The van der Waals surface area contributed by atoms with Crippen LogP contribution in [0.2, 0.25) is 10.0 Å². The van der Waals surface area contributed by atoms with Crippen LogP contribution in [0.25, 0.3) is 11.5 Å². The summed E-state index contributed by atoms with van der Waals surface area (Å²) in [5, 5.41) is 4.99. The van der Waals surface area contributed by atoms with E-state index in [1.165, 1.54) is 0 Å². The first-order valence-corrected chi connectivity index (χ1v) is 9.02. The summed E-state index contributed by atoms with van der Waals surface area (Å²) in [6, 6.07) is 8.53. The highest BCUT2D eigenvalue weighted by molar-refractivity contribution is 6.35. The van der Waals surface area contributed by atoms with Crippen molar-refractivity contribution in [3.63, 3.8) is 0 Å². The summed E-state index contributed by atoms with van der Waals surface area (Å²) < 4.78 is 11.3. The number of pyridine rings is 1. The van der Waals surface area contributed by atoms with Gasteiger partial charge in [0, 0.05) is 11.2 Å². The molecular weight excluding hydrogens is 375 g/mol. The Hall–Kier alpha value is -2.15. The van der Waals surface area contributed by atoms with Gasteiger partial charge >= 0.3 is 0 Å². The molecule has 0 bridgehead atoms. The van der Waals surface area contributed by atoms with E-state index in [2.05, 4.69) is 15.1 Å². The van der Waals surface area contributed by atoms with E-state index in [1.54, 1.807) is 36.5 Å². The molecule has 0 atom stereocenters. The molecule has 0 aliphatic heterocycles. The maximum Gasteiger partial charge on any atom is 0.263 e. The summed E-state index contributed by atoms with van der Waals surface area (Å²) in [7, 11) is 0. The van der Waals surface area contributed by atoms with Gasteiger partial charge < -0.3 is 15.0 Å². The van der Waals surface area contributed by atoms with Gasteiger partial charge in [-0.2, -0.15) is 4.98 Å². The lowest BCUT2D eigenvalue weighted by Crippen LogP contribution is -2.34. The van der Waals surface area contributed by atoms with E-state index >= 15 is 0 Å². The van der Waals surface area contributed by atoms with Gasteiger partial charge in [-0.3, -0.25) is 0 Å². The van der Waals surface area contributed by atoms with E-state index in [9.17, 15) is 0 Å². The van der Waals surface area contributed by atoms with Crippen molar-refractivity contribution in [2.24, 2.45) is 5.73 Å². The van der Waals surface area contributed by atoms with Crippen molar-refractivity contribution in [1.82, 2.24) is 15.1 Å². The highest BCUT2D eigenvalue weighted by Crippen LogP contribution is 2.38. The molecule has 0 saturated heterocycles. The summed E-state index contributed by atoms with van der Waals surface area (Å²) in [5.74, 6) is 1.57. The quantitative estimate of drug-likeness (QED) is 0.677. The second-order valence-electron chi connectivity index (χ2n) is 6.32. The predicted octanol–water partition coefficient (Wildman–Crippen LogP) is 4.96. The second kappa shape index (κ2) is 6.87. The van der Waals surface area contributed by atoms with Crippen LogP contribution < -0.4 is 10.5 Å². The molecule has 8 heteroatoms. The lowest BCUT2D eigenvalue weighted by atomic mass is 9.99. The monoisotopic (exact) mass is 390 g/mol. The first-order chi connectivity index (χ1) is 12.5. The molecule has 3 aromatic rings. The molecule has 0 unspecified atom stereocenters. The first-order valence-electron chi connectivity index (χ1n) is 8.26. The normalized spacial score (nSPS) is 16.0. The van der Waals surface area contributed by atoms with Crippen molar-refractivity contribution >= 4 is 23.2 Å². The first kappa shape index (κ1) is 17.3. The van der Waals surface area contributed by atoms with E-state index in [0.29, 0.717) is 39.0 Å². The molecule has 2 heterocycles. The molecule has 1 saturated carbocycles. The number of halogens is 2. The van der Waals surface area contributed by atoms with Crippen LogP contribution >= 0.6 is 23.2 Å². The number of hydrogen-bond acceptors (Lipinski definition) is 6. The van der Waals surface area contributed by atoms with Crippen LogP contribution in [0, 0.1) is 0 Å². The Kier molecular flexibility index (Phi) is 4.56. The molecule has 26 heavy (non-hydrogen) atoms. The number of hydrogen-bond donors (Lipinski definition) is 1. The van der Waals surface area contributed by atoms with Gasteiger partial charge in [-0.15, -0.1) is 0 Å². The molecule has 1 aliphatic rings. The molecular formula is C18H16Cl2N4O2. The van der Waals surface area contributed by atoms with Crippen molar-refractivity contribution in [3.8, 4) is 23.1 Å². The predicted molar refractivity (Wildman–Crippen MR) is 98.4 cm³/mol. The van der Waals surface area contributed by atoms with Crippen LogP contribution in [-0.2, 0) is 5.54 Å². The fourth-order valence-corrected chi connectivity index (χ4v) is 3.51. The summed E-state index contributed by atoms with van der Waals surface area (Å²) in [4.78, 5) is 8.76. The van der Waals surface area contributed by atoms with Gasteiger partial charge in [-0.1, -0.05) is 41.2 Å². The third-order valence-electron chi connectivity index (χ3n) is 4.47. The van der Waals surface area contributed by atoms with Crippen molar-refractivity contribution in [2.75, 3.05) is 0 Å². The number of nitrogens with zero attached hydrogens (tertiary/aromatic N) is 3. The average Bonchev–Trinajstić information content (AvgIpc) is 3.28. The third-order valence-corrected chi connectivity index (χ3v) is 5.00. The van der Waals surface area contributed by atoms with E-state index in [0.717, 1.165) is 25.7 Å². The number of aromatic nitrogens is 3. The Morgan fingerprint density at radius 2 is 1.96 bits per heavy atom. The van der Waals surface area contributed by atoms with Crippen LogP contribution in [-0.4, -0.2) is 15.1 Å². The maximum atomic E-state index is 6.41. The molecule has 2 aromatic heterocycles. The minimum atomic E-state index is -0.523. The zero-order valence-electron chi connectivity index (χ0n) is 13.8. The molecule has 0 radical (unpaired) electrons. The fraction of sp³-hybridized carbons (Fsp3) is 0.278. The number of ether oxygens (including phenoxy) is 1. The number of rotatable bonds is 4. The molecule has 6 nitrogen and oxygen atoms in total. The number of benzene rings is 1. The second-order valence-corrected chi connectivity index (χ2v) is 7.16. The van der Waals surface area contributed by atoms with Crippen LogP contribution in [0.4, 0.5) is 0 Å². The van der Waals surface area contributed by atoms with Crippen molar-refractivity contribution in [3.05, 3.63) is 52.4 Å². The summed E-state index contributed by atoms with van der Waals surface area (Å²) in [6.07, 6.45) is 5.44. The van der Waals surface area contributed by atoms with Gasteiger partial charge in [0.2, 0.25) is 5.88 Å². The highest BCUT2D eigenvalue weighted by Gasteiger charge is 2.36. The zero-order valence-corrected chi connectivity index (χ0v) is 15.3. The highest BCUT2D eigenvalue weighted by atomic mass is 35.5. The van der Waals surface area contributed by atoms with Gasteiger partial charge in [-0.05, 0) is 43.2 Å². The lowest BCUT2D eigenvalue weighted by Gasteiger charge is -2.17. The fourth-order valence-electron chi connectivity index (χ4n) is 3.06. The molecule has 134 valence electrons. The van der Waals surface area contributed by atoms with Crippen LogP contribution in [0.1, 0.15) is 31.5 Å². The molecule has 1 fully saturated rings. The topological polar surface area (TPSA) is 87.1 Å². The lowest BCUT2D eigenvalue weighted by molar-refractivity contribution is 0.371. The largest absolute Gasteiger partial charge is 0.437 e.